The Morgan fingerprint density at radius 1 is 0.882 bits per heavy atom. The summed E-state index contributed by atoms with van der Waals surface area (Å²) in [6.07, 6.45) is 4.12. The molecule has 0 spiro atoms. The first-order valence-corrected chi connectivity index (χ1v) is 6.82. The molecule has 0 aliphatic carbocycles. The third kappa shape index (κ3) is 1.75. The van der Waals surface area contributed by atoms with Gasteiger partial charge in [0.15, 0.2) is 0 Å². The fraction of sp³-hybridized carbons (Fsp3) is 0.0667. The number of rotatable bonds is 2. The van der Waals surface area contributed by atoms with E-state index in [1.54, 1.807) is 11.8 Å². The van der Waals surface area contributed by atoms with Crippen molar-refractivity contribution in [2.45, 2.75) is 4.90 Å². The summed E-state index contributed by atoms with van der Waals surface area (Å²) in [5.74, 6) is 0. The summed E-state index contributed by atoms with van der Waals surface area (Å²) in [5, 5.41) is 1.29. The Hall–Kier alpha value is -1.67. The van der Waals surface area contributed by atoms with Crippen molar-refractivity contribution in [2.75, 3.05) is 6.26 Å². The second kappa shape index (κ2) is 4.30. The van der Waals surface area contributed by atoms with Gasteiger partial charge < -0.3 is 4.98 Å². The van der Waals surface area contributed by atoms with Crippen LogP contribution in [-0.4, -0.2) is 11.2 Å². The summed E-state index contributed by atoms with van der Waals surface area (Å²) in [6.45, 7) is 0. The molecule has 0 saturated carbocycles. The average Bonchev–Trinajstić information content (AvgIpc) is 2.86. The smallest absolute Gasteiger partial charge is 0.0460 e. The molecule has 0 fully saturated rings. The summed E-state index contributed by atoms with van der Waals surface area (Å²) in [7, 11) is 0. The van der Waals surface area contributed by atoms with Crippen LogP contribution in [0.4, 0.5) is 0 Å². The third-order valence-corrected chi connectivity index (χ3v) is 3.79. The fourth-order valence-corrected chi connectivity index (χ4v) is 2.80. The average molecular weight is 239 g/mol. The van der Waals surface area contributed by atoms with Gasteiger partial charge in [-0.25, -0.2) is 0 Å². The number of nitrogens with one attached hydrogen (secondary N) is 1. The summed E-state index contributed by atoms with van der Waals surface area (Å²) in [6, 6.07) is 17.1. The number of hydrogen-bond donors (Lipinski definition) is 1. The Bertz CT molecular complexity index is 655. The van der Waals surface area contributed by atoms with Crippen LogP contribution < -0.4 is 0 Å². The quantitative estimate of drug-likeness (QED) is 0.648. The zero-order chi connectivity index (χ0) is 11.7. The molecule has 0 unspecified atom stereocenters. The summed E-state index contributed by atoms with van der Waals surface area (Å²) in [4.78, 5) is 4.58. The molecule has 0 saturated heterocycles. The molecule has 0 amide bonds. The molecule has 1 nitrogen and oxygen atoms in total. The Kier molecular flexibility index (Phi) is 2.65. The van der Waals surface area contributed by atoms with Gasteiger partial charge in [-0.1, -0.05) is 30.3 Å². The number of thioether (sulfide) groups is 1. The first-order valence-electron chi connectivity index (χ1n) is 5.59. The molecular weight excluding hydrogens is 226 g/mol. The second-order valence-corrected chi connectivity index (χ2v) is 4.79. The van der Waals surface area contributed by atoms with Gasteiger partial charge in [-0.05, 0) is 35.6 Å². The molecule has 84 valence electrons. The van der Waals surface area contributed by atoms with Crippen LogP contribution in [0.1, 0.15) is 0 Å². The molecule has 1 N–H and O–H groups in total. The van der Waals surface area contributed by atoms with Gasteiger partial charge in [0, 0.05) is 22.0 Å². The molecule has 1 heterocycles. The van der Waals surface area contributed by atoms with Crippen LogP contribution in [0.15, 0.2) is 59.6 Å². The van der Waals surface area contributed by atoms with E-state index in [9.17, 15) is 0 Å². The molecule has 0 aliphatic heterocycles. The normalized spacial score (nSPS) is 10.9. The van der Waals surface area contributed by atoms with Crippen molar-refractivity contribution in [1.29, 1.82) is 0 Å². The van der Waals surface area contributed by atoms with Gasteiger partial charge in [0.1, 0.15) is 0 Å². The van der Waals surface area contributed by atoms with Crippen molar-refractivity contribution in [2.24, 2.45) is 0 Å². The highest BCUT2D eigenvalue weighted by Crippen LogP contribution is 2.34. The third-order valence-electron chi connectivity index (χ3n) is 2.99. The molecule has 0 bridgehead atoms. The van der Waals surface area contributed by atoms with Gasteiger partial charge in [0.25, 0.3) is 0 Å². The van der Waals surface area contributed by atoms with Crippen LogP contribution in [0.25, 0.3) is 22.0 Å². The van der Waals surface area contributed by atoms with Crippen LogP contribution in [0.3, 0.4) is 0 Å². The molecule has 0 aliphatic rings. The number of H-pyrrole nitrogens is 1. The molecule has 3 aromatic rings. The maximum absolute atomic E-state index is 3.26. The van der Waals surface area contributed by atoms with E-state index in [4.69, 9.17) is 0 Å². The molecule has 17 heavy (non-hydrogen) atoms. The van der Waals surface area contributed by atoms with Gasteiger partial charge in [0.2, 0.25) is 0 Å². The van der Waals surface area contributed by atoms with E-state index < -0.39 is 0 Å². The molecule has 2 heteroatoms. The van der Waals surface area contributed by atoms with Crippen molar-refractivity contribution in [3.05, 3.63) is 54.7 Å². The predicted octanol–water partition coefficient (Wildman–Crippen LogP) is 4.56. The lowest BCUT2D eigenvalue weighted by Gasteiger charge is -2.08. The van der Waals surface area contributed by atoms with E-state index in [1.807, 2.05) is 6.20 Å². The van der Waals surface area contributed by atoms with Gasteiger partial charge in [-0.15, -0.1) is 11.8 Å². The standard InChI is InChI=1S/C15H13NS/c1-17-15-8-3-2-5-13(15)11-6-4-7-14-12(11)9-10-16-14/h2-10,16H,1H3. The van der Waals surface area contributed by atoms with E-state index >= 15 is 0 Å². The molecule has 1 aromatic heterocycles. The number of aromatic nitrogens is 1. The SMILES string of the molecule is CSc1ccccc1-c1cccc2[nH]ccc12. The Labute approximate surface area is 105 Å². The van der Waals surface area contributed by atoms with Crippen molar-refractivity contribution < 1.29 is 0 Å². The van der Waals surface area contributed by atoms with Crippen molar-refractivity contribution in [3.8, 4) is 11.1 Å². The maximum atomic E-state index is 3.26. The van der Waals surface area contributed by atoms with Crippen molar-refractivity contribution in [3.63, 3.8) is 0 Å². The monoisotopic (exact) mass is 239 g/mol. The lowest BCUT2D eigenvalue weighted by molar-refractivity contribution is 1.45. The van der Waals surface area contributed by atoms with Gasteiger partial charge in [-0.2, -0.15) is 0 Å². The zero-order valence-electron chi connectivity index (χ0n) is 9.60. The van der Waals surface area contributed by atoms with Gasteiger partial charge in [-0.3, -0.25) is 0 Å². The van der Waals surface area contributed by atoms with E-state index in [0.29, 0.717) is 0 Å². The van der Waals surface area contributed by atoms with E-state index in [-0.39, 0.29) is 0 Å². The maximum Gasteiger partial charge on any atom is 0.0460 e. The lowest BCUT2D eigenvalue weighted by atomic mass is 10.0. The Balaban J connectivity index is 2.30. The van der Waals surface area contributed by atoms with Crippen molar-refractivity contribution >= 4 is 22.7 Å². The van der Waals surface area contributed by atoms with Crippen molar-refractivity contribution in [1.82, 2.24) is 4.98 Å². The van der Waals surface area contributed by atoms with E-state index in [1.165, 1.54) is 26.9 Å². The van der Waals surface area contributed by atoms with Crippen LogP contribution in [0.2, 0.25) is 0 Å². The molecule has 3 rings (SSSR count). The van der Waals surface area contributed by atoms with Gasteiger partial charge >= 0.3 is 0 Å². The predicted molar refractivity (Wildman–Crippen MR) is 75.5 cm³/mol. The number of fused-ring (bicyclic) bond motifs is 1. The van der Waals surface area contributed by atoms with E-state index in [2.05, 4.69) is 59.8 Å². The van der Waals surface area contributed by atoms with Crippen LogP contribution >= 0.6 is 11.8 Å². The Morgan fingerprint density at radius 3 is 2.59 bits per heavy atom. The summed E-state index contributed by atoms with van der Waals surface area (Å²) >= 11 is 1.79. The highest BCUT2D eigenvalue weighted by molar-refractivity contribution is 7.98. The number of hydrogen-bond acceptors (Lipinski definition) is 1. The number of benzene rings is 2. The fourth-order valence-electron chi connectivity index (χ4n) is 2.19. The van der Waals surface area contributed by atoms with Crippen LogP contribution in [-0.2, 0) is 0 Å². The first kappa shape index (κ1) is 10.5. The van der Waals surface area contributed by atoms with Crippen LogP contribution in [0.5, 0.6) is 0 Å². The minimum Gasteiger partial charge on any atom is -0.361 e. The van der Waals surface area contributed by atoms with Gasteiger partial charge in [0.05, 0.1) is 0 Å². The molecule has 0 atom stereocenters. The molecule has 2 aromatic carbocycles. The highest BCUT2D eigenvalue weighted by Gasteiger charge is 2.07. The minimum atomic E-state index is 1.19. The summed E-state index contributed by atoms with van der Waals surface area (Å²) < 4.78 is 0. The summed E-state index contributed by atoms with van der Waals surface area (Å²) in [5.41, 5.74) is 3.80. The topological polar surface area (TPSA) is 15.8 Å². The largest absolute Gasteiger partial charge is 0.361 e. The van der Waals surface area contributed by atoms with Crippen LogP contribution in [0, 0.1) is 0 Å². The molecule has 0 radical (unpaired) electrons. The lowest BCUT2D eigenvalue weighted by Crippen LogP contribution is -1.82. The highest BCUT2D eigenvalue weighted by atomic mass is 32.2. The number of aromatic amines is 1. The molecular formula is C15H13NS. The van der Waals surface area contributed by atoms with E-state index in [0.717, 1.165) is 0 Å². The first-order chi connectivity index (χ1) is 8.40. The zero-order valence-corrected chi connectivity index (χ0v) is 10.4. The minimum absolute atomic E-state index is 1.19. The second-order valence-electron chi connectivity index (χ2n) is 3.94. The Morgan fingerprint density at radius 2 is 1.71 bits per heavy atom.